The van der Waals surface area contributed by atoms with Gasteiger partial charge >= 0.3 is 37.4 Å². The summed E-state index contributed by atoms with van der Waals surface area (Å²) in [5.41, 5.74) is 4.79. The predicted molar refractivity (Wildman–Crippen MR) is 226 cm³/mol. The molecule has 0 atom stereocenters. The molecule has 0 spiro atoms. The van der Waals surface area contributed by atoms with Gasteiger partial charge in [0.05, 0.1) is 0 Å². The zero-order chi connectivity index (χ0) is 37.0. The Morgan fingerprint density at radius 3 is 0.885 bits per heavy atom. The topological polar surface area (TPSA) is 77.8 Å². The van der Waals surface area contributed by atoms with Crippen molar-refractivity contribution >= 4 is 31.7 Å². The quantitative estimate of drug-likeness (QED) is 0.0411. The first-order chi connectivity index (χ1) is 24.8. The van der Waals surface area contributed by atoms with E-state index in [2.05, 4.69) is 93.6 Å². The van der Waals surface area contributed by atoms with Crippen LogP contribution in [0.1, 0.15) is 174 Å². The molecule has 52 heavy (non-hydrogen) atoms. The van der Waals surface area contributed by atoms with Crippen LogP contribution < -0.4 is 45.5 Å². The van der Waals surface area contributed by atoms with Gasteiger partial charge in [-0.05, 0) is 79.1 Å². The van der Waals surface area contributed by atoms with Gasteiger partial charge in [-0.3, -0.25) is 0 Å². The molecule has 0 radical (unpaired) electrons. The maximum atomic E-state index is 8.88. The number of hydrogen-bond acceptors (Lipinski definition) is 1. The average molecular weight is 763 g/mol. The van der Waals surface area contributed by atoms with Gasteiger partial charge < -0.3 is 16.1 Å². The molecule has 0 aromatic heterocycles. The Balaban J connectivity index is 0.00000361. The third-order valence-electron chi connectivity index (χ3n) is 9.85. The van der Waals surface area contributed by atoms with Crippen LogP contribution in [0.25, 0.3) is 0 Å². The first-order valence-corrected chi connectivity index (χ1v) is 23.5. The Morgan fingerprint density at radius 2 is 0.635 bits per heavy atom. The van der Waals surface area contributed by atoms with Crippen LogP contribution in [0, 0.1) is 0 Å². The minimum Gasteiger partial charge on any atom is -1.00 e. The molecule has 0 saturated heterocycles. The number of phosphoric acid groups is 1. The van der Waals surface area contributed by atoms with Gasteiger partial charge in [0.25, 0.3) is 0 Å². The number of benzene rings is 3. The van der Waals surface area contributed by atoms with E-state index in [0.717, 1.165) is 0 Å². The van der Waals surface area contributed by atoms with Crippen molar-refractivity contribution in [2.75, 3.05) is 0 Å². The molecule has 0 unspecified atom stereocenters. The van der Waals surface area contributed by atoms with Gasteiger partial charge in [-0.2, -0.15) is 0 Å². The summed E-state index contributed by atoms with van der Waals surface area (Å²) in [5.74, 6) is 0. The summed E-state index contributed by atoms with van der Waals surface area (Å²) in [7, 11) is -5.24. The first-order valence-electron chi connectivity index (χ1n) is 20.6. The van der Waals surface area contributed by atoms with Crippen LogP contribution in [-0.4, -0.2) is 14.7 Å². The van der Waals surface area contributed by atoms with E-state index in [-0.39, 0.29) is 31.0 Å². The normalized spacial score (nSPS) is 11.3. The largest absolute Gasteiger partial charge is 1.00 e. The van der Waals surface area contributed by atoms with Crippen molar-refractivity contribution < 1.29 is 50.2 Å². The van der Waals surface area contributed by atoms with Crippen LogP contribution in [0.2, 0.25) is 0 Å². The van der Waals surface area contributed by atoms with Crippen LogP contribution in [0.15, 0.2) is 72.8 Å². The fourth-order valence-electron chi connectivity index (χ4n) is 7.03. The van der Waals surface area contributed by atoms with Gasteiger partial charge in [0.1, 0.15) is 0 Å². The third-order valence-corrected chi connectivity index (χ3v) is 12.6. The summed E-state index contributed by atoms with van der Waals surface area (Å²) in [6.45, 7) is 6.94. The van der Waals surface area contributed by atoms with Gasteiger partial charge in [0, 0.05) is 0 Å². The van der Waals surface area contributed by atoms with Crippen LogP contribution in [0.3, 0.4) is 0 Å². The van der Waals surface area contributed by atoms with E-state index in [1.54, 1.807) is 32.6 Å². The predicted octanol–water partition coefficient (Wildman–Crippen LogP) is 9.51. The average Bonchev–Trinajstić information content (AvgIpc) is 3.11. The van der Waals surface area contributed by atoms with E-state index in [9.17, 15) is 0 Å². The second-order valence-corrected chi connectivity index (χ2v) is 17.5. The second kappa shape index (κ2) is 31.4. The van der Waals surface area contributed by atoms with Gasteiger partial charge in [0.15, 0.2) is 0 Å². The fourth-order valence-corrected chi connectivity index (χ4v) is 9.93. The molecule has 3 rings (SSSR count). The number of aryl methyl sites for hydroxylation is 3. The van der Waals surface area contributed by atoms with E-state index < -0.39 is 15.7 Å². The molecule has 3 aromatic rings. The van der Waals surface area contributed by atoms with Gasteiger partial charge in [-0.15, -0.1) is 0 Å². The molecule has 0 bridgehead atoms. The SMILES string of the molecule is CCCCCCCCCc1ccccc1P(c1ccccc1CCCCCCCCC)c1ccccc1CCCCCCCCC.O=P(O)(O)O.[H-].[Na+]. The monoisotopic (exact) mass is 762 g/mol. The second-order valence-electron chi connectivity index (χ2n) is 14.3. The van der Waals surface area contributed by atoms with Crippen molar-refractivity contribution in [3.63, 3.8) is 0 Å². The maximum absolute atomic E-state index is 8.88. The minimum atomic E-state index is -4.64. The standard InChI is InChI=1S/C45H69P.Na.H3O4P.H/c1-4-7-10-13-16-19-22-31-40-34-25-28-37-43(40)46(44-38-29-26-35-41(44)32-23-20-17-14-11-8-5-2)45-39-30-27-36-42(45)33-24-21-18-15-12-9-6-3;;1-5(2,3)4;/h25-30,34-39H,4-24,31-33H2,1-3H3;;(H3,1,2,3,4);/q;+1;;-1. The Hall–Kier alpha value is -0.800. The molecule has 0 amide bonds. The van der Waals surface area contributed by atoms with Gasteiger partial charge in [-0.25, -0.2) is 4.57 Å². The molecule has 0 saturated carbocycles. The molecule has 7 heteroatoms. The molecule has 288 valence electrons. The molecule has 4 nitrogen and oxygen atoms in total. The summed E-state index contributed by atoms with van der Waals surface area (Å²) in [5, 5.41) is 4.84. The molecule has 3 N–H and O–H groups in total. The Labute approximate surface area is 344 Å². The van der Waals surface area contributed by atoms with Gasteiger partial charge in [-0.1, -0.05) is 209 Å². The summed E-state index contributed by atoms with van der Waals surface area (Å²) in [6, 6.07) is 28.7. The maximum Gasteiger partial charge on any atom is 1.00 e. The smallest absolute Gasteiger partial charge is 1.00 e. The van der Waals surface area contributed by atoms with E-state index in [1.165, 1.54) is 154 Å². The zero-order valence-corrected chi connectivity index (χ0v) is 37.3. The summed E-state index contributed by atoms with van der Waals surface area (Å²) in [6.07, 6.45) is 32.4. The zero-order valence-electron chi connectivity index (χ0n) is 34.5. The molecule has 0 aliphatic rings. The summed E-state index contributed by atoms with van der Waals surface area (Å²) in [4.78, 5) is 21.6. The Bertz CT molecular complexity index is 1200. The minimum absolute atomic E-state index is 0. The van der Waals surface area contributed by atoms with Crippen molar-refractivity contribution in [2.24, 2.45) is 0 Å². The first kappa shape index (κ1) is 49.2. The van der Waals surface area contributed by atoms with E-state index in [0.29, 0.717) is 0 Å². The molecular weight excluding hydrogens is 689 g/mol. The van der Waals surface area contributed by atoms with E-state index in [1.807, 2.05) is 0 Å². The number of unbranched alkanes of at least 4 members (excludes halogenated alkanes) is 18. The fraction of sp³-hybridized carbons (Fsp3) is 0.600. The third kappa shape index (κ3) is 22.5. The molecule has 0 fully saturated rings. The van der Waals surface area contributed by atoms with Crippen molar-refractivity contribution in [3.05, 3.63) is 89.5 Å². The van der Waals surface area contributed by atoms with Crippen molar-refractivity contribution in [1.82, 2.24) is 0 Å². The van der Waals surface area contributed by atoms with E-state index in [4.69, 9.17) is 19.2 Å². The van der Waals surface area contributed by atoms with E-state index >= 15 is 0 Å². The van der Waals surface area contributed by atoms with Crippen LogP contribution >= 0.6 is 15.7 Å². The molecule has 0 aliphatic carbocycles. The number of hydrogen-bond donors (Lipinski definition) is 3. The summed E-state index contributed by atoms with van der Waals surface area (Å²) >= 11 is 0. The summed E-state index contributed by atoms with van der Waals surface area (Å²) < 4.78 is 8.88. The van der Waals surface area contributed by atoms with Crippen molar-refractivity contribution in [2.45, 2.75) is 175 Å². The molecule has 3 aromatic carbocycles. The Morgan fingerprint density at radius 1 is 0.423 bits per heavy atom. The number of rotatable bonds is 27. The molecular formula is C45H73NaO4P2. The van der Waals surface area contributed by atoms with Crippen LogP contribution in [-0.2, 0) is 23.8 Å². The molecule has 0 aliphatic heterocycles. The molecule has 0 heterocycles. The van der Waals surface area contributed by atoms with Gasteiger partial charge in [0.2, 0.25) is 0 Å². The van der Waals surface area contributed by atoms with Crippen molar-refractivity contribution in [3.8, 4) is 0 Å². The Kier molecular flexibility index (Phi) is 29.7. The van der Waals surface area contributed by atoms with Crippen LogP contribution in [0.5, 0.6) is 0 Å². The van der Waals surface area contributed by atoms with Crippen molar-refractivity contribution in [1.29, 1.82) is 0 Å². The van der Waals surface area contributed by atoms with Crippen LogP contribution in [0.4, 0.5) is 0 Å².